The molecule has 1 aromatic heterocycles. The number of rotatable bonds is 0. The van der Waals surface area contributed by atoms with E-state index < -0.39 is 11.6 Å². The molecule has 131 heavy (non-hydrogen) atoms. The lowest BCUT2D eigenvalue weighted by Gasteiger charge is -2.20. The van der Waals surface area contributed by atoms with Crippen molar-refractivity contribution in [1.29, 1.82) is 0 Å². The molecule has 0 spiro atoms. The zero-order valence-corrected chi connectivity index (χ0v) is 95.1. The molecule has 16 heteroatoms. The predicted octanol–water partition coefficient (Wildman–Crippen LogP) is 42.0. The minimum absolute atomic E-state index is 0.0230. The van der Waals surface area contributed by atoms with E-state index in [1.165, 1.54) is 94.1 Å². The van der Waals surface area contributed by atoms with Crippen molar-refractivity contribution in [3.05, 3.63) is 403 Å². The van der Waals surface area contributed by atoms with Crippen LogP contribution >= 0.6 is 149 Å². The minimum Gasteiger partial charge on any atom is -0.207 e. The van der Waals surface area contributed by atoms with Crippen LogP contribution in [0.25, 0.3) is 0 Å². The normalized spacial score (nSPS) is 11.5. The number of aryl methyl sites for hydroxylation is 1. The maximum Gasteiger partial charge on any atom is 0.141 e. The molecule has 0 aliphatic carbocycles. The summed E-state index contributed by atoms with van der Waals surface area (Å²) in [7, 11) is 0. The van der Waals surface area contributed by atoms with Crippen LogP contribution in [0.4, 0.5) is 22.0 Å². The molecule has 0 saturated heterocycles. The molecule has 1 heterocycles. The number of halogens is 15. The molecule has 0 amide bonds. The summed E-state index contributed by atoms with van der Waals surface area (Å²) in [6.45, 7) is 72.4. The third-order valence-corrected chi connectivity index (χ3v) is 24.6. The van der Waals surface area contributed by atoms with E-state index in [-0.39, 0.29) is 76.6 Å². The van der Waals surface area contributed by atoms with Crippen LogP contribution in [0, 0.1) is 43.2 Å². The van der Waals surface area contributed by atoms with Crippen molar-refractivity contribution in [2.75, 3.05) is 0 Å². The van der Waals surface area contributed by atoms with Gasteiger partial charge in [-0.1, -0.05) is 455 Å². The van der Waals surface area contributed by atoms with Crippen molar-refractivity contribution < 1.29 is 22.0 Å². The Balaban J connectivity index is 0.000000716. The summed E-state index contributed by atoms with van der Waals surface area (Å²) in [5.41, 5.74) is 15.6. The van der Waals surface area contributed by atoms with E-state index in [9.17, 15) is 22.0 Å². The first kappa shape index (κ1) is 124. The van der Waals surface area contributed by atoms with Gasteiger partial charge in [-0.15, -0.1) is 11.3 Å². The first-order chi connectivity index (χ1) is 59.6. The fourth-order valence-electron chi connectivity index (χ4n) is 11.3. The average Bonchev–Trinajstić information content (AvgIpc) is 1.30. The number of hydrogen-bond donors (Lipinski definition) is 0. The predicted molar refractivity (Wildman–Crippen MR) is 591 cm³/mol. The van der Waals surface area contributed by atoms with Crippen molar-refractivity contribution in [1.82, 2.24) is 0 Å². The number of thiophene rings is 1. The summed E-state index contributed by atoms with van der Waals surface area (Å²) in [5.74, 6) is -1.84. The van der Waals surface area contributed by atoms with E-state index in [4.69, 9.17) is 92.8 Å². The van der Waals surface area contributed by atoms with Crippen LogP contribution in [0.15, 0.2) is 260 Å². The Morgan fingerprint density at radius 2 is 0.550 bits per heavy atom. The standard InChI is InChI=1S/C10H12Cl2.2C10H12ClF.3C10H13Cl.C10H12F2.C10H13F.2C10H13I.C10H14.C5H5ClS/c1-10(2,3)7-5-4-6-8(11)9(7)12;1-10(2,3)7-4-5-9(12)8(11)6-7;1-10(2,3)8-5-4-7(12)6-9(8)11;1-10(2,3)8-4-6-9(11)7-5-8;1-10(2,3)8-5-4-6-9(11)7-8;1-10(2,3)8-6-4-5-7-9(8)11;1-10(2,3)7-4-8(11)6-9(12)5-7;1-10(2,3)8-4-6-9(11)7-5-8;2*1-10(2,3)8-5-4-6-9(11)7-8;1-10(2,3)9-7-5-4-6-8-9;1-4-2-3-7-5(4)6/h3*4-6H,1-3H3;3*4-7H,1-3H3;4-6H,1-3H3;3*4-7H,1-3H3;4-8H,1-3H3;2-3H,1H3. The van der Waals surface area contributed by atoms with E-state index in [0.717, 1.165) is 42.2 Å². The maximum atomic E-state index is 12.8. The third-order valence-electron chi connectivity index (χ3n) is 19.6. The molecule has 0 bridgehead atoms. The van der Waals surface area contributed by atoms with Gasteiger partial charge in [0.15, 0.2) is 0 Å². The second-order valence-electron chi connectivity index (χ2n) is 43.0. The molecule has 0 fully saturated rings. The highest BCUT2D eigenvalue weighted by molar-refractivity contribution is 14.1. The Kier molecular flexibility index (Phi) is 52.1. The van der Waals surface area contributed by atoms with Gasteiger partial charge in [0.05, 0.1) is 19.4 Å². The smallest absolute Gasteiger partial charge is 0.141 e. The molecule has 0 aliphatic rings. The van der Waals surface area contributed by atoms with Crippen molar-refractivity contribution in [2.45, 2.75) is 295 Å². The summed E-state index contributed by atoms with van der Waals surface area (Å²) in [6, 6.07) is 79.2. The molecule has 0 saturated carbocycles. The Labute approximate surface area is 860 Å². The molecular weight excluding hydrogens is 2050 g/mol. The van der Waals surface area contributed by atoms with Gasteiger partial charge in [-0.05, 0) is 299 Å². The Morgan fingerprint density at radius 3 is 0.863 bits per heavy atom. The van der Waals surface area contributed by atoms with Crippen LogP contribution in [0.1, 0.15) is 295 Å². The number of hydrogen-bond acceptors (Lipinski definition) is 1. The van der Waals surface area contributed by atoms with Crippen molar-refractivity contribution in [3.8, 4) is 0 Å². The molecule has 12 aromatic rings. The Hall–Kier alpha value is -5.45. The highest BCUT2D eigenvalue weighted by atomic mass is 127. The van der Waals surface area contributed by atoms with Crippen LogP contribution in [-0.4, -0.2) is 0 Å². The van der Waals surface area contributed by atoms with Gasteiger partial charge in [0, 0.05) is 33.3 Å². The Bertz CT molecular complexity index is 5110. The molecule has 0 aliphatic heterocycles. The van der Waals surface area contributed by atoms with Gasteiger partial charge in [0.25, 0.3) is 0 Å². The summed E-state index contributed by atoms with van der Waals surface area (Å²) < 4.78 is 66.9. The second kappa shape index (κ2) is 55.2. The third kappa shape index (κ3) is 51.0. The molecule has 0 N–H and O–H groups in total. The second-order valence-corrected chi connectivity index (χ2v) is 49.9. The van der Waals surface area contributed by atoms with Crippen LogP contribution < -0.4 is 0 Å². The Morgan fingerprint density at radius 1 is 0.221 bits per heavy atom. The average molecular weight is 2190 g/mol. The van der Waals surface area contributed by atoms with Gasteiger partial charge < -0.3 is 0 Å². The van der Waals surface area contributed by atoms with Gasteiger partial charge in [-0.25, -0.2) is 22.0 Å². The molecule has 0 unspecified atom stereocenters. The van der Waals surface area contributed by atoms with E-state index in [0.29, 0.717) is 26.0 Å². The SMILES string of the molecule is CC(C)(C)c1cc(F)cc(F)c1.CC(C)(C)c1ccc(Cl)cc1.CC(C)(C)c1ccc(F)c(Cl)c1.CC(C)(C)c1ccc(F)cc1.CC(C)(C)c1ccc(F)cc1Cl.CC(C)(C)c1cccc(Cl)c1.CC(C)(C)c1cccc(Cl)c1Cl.CC(C)(C)c1cccc(I)c1.CC(C)(C)c1cccc(I)c1.CC(C)(C)c1ccccc1.CC(C)(C)c1ccccc1Cl.Cc1ccsc1Cl. The first-order valence-electron chi connectivity index (χ1n) is 43.7. The van der Waals surface area contributed by atoms with Gasteiger partial charge >= 0.3 is 0 Å². The fourth-order valence-corrected chi connectivity index (χ4v) is 15.2. The van der Waals surface area contributed by atoms with Gasteiger partial charge in [0.1, 0.15) is 29.1 Å². The van der Waals surface area contributed by atoms with Gasteiger partial charge in [-0.2, -0.15) is 0 Å². The summed E-state index contributed by atoms with van der Waals surface area (Å²) in [6.07, 6.45) is 0. The lowest BCUT2D eigenvalue weighted by Crippen LogP contribution is -2.11. The largest absolute Gasteiger partial charge is 0.207 e. The lowest BCUT2D eigenvalue weighted by molar-refractivity contribution is 0.545. The van der Waals surface area contributed by atoms with Gasteiger partial charge in [-0.3, -0.25) is 0 Å². The number of benzene rings is 11. The highest BCUT2D eigenvalue weighted by Crippen LogP contribution is 2.37. The molecule has 0 radical (unpaired) electrons. The van der Waals surface area contributed by atoms with Crippen LogP contribution in [0.5, 0.6) is 0 Å². The molecule has 0 atom stereocenters. The van der Waals surface area contributed by atoms with Crippen LogP contribution in [-0.2, 0) is 59.6 Å². The molecule has 716 valence electrons. The topological polar surface area (TPSA) is 0 Å². The molecule has 12 rings (SSSR count). The summed E-state index contributed by atoms with van der Waals surface area (Å²) in [4.78, 5) is 0. The quantitative estimate of drug-likeness (QED) is 0.105. The summed E-state index contributed by atoms with van der Waals surface area (Å²) in [5, 5.41) is 6.47. The zero-order chi connectivity index (χ0) is 101. The van der Waals surface area contributed by atoms with Crippen LogP contribution in [0.3, 0.4) is 0 Å². The van der Waals surface area contributed by atoms with Crippen molar-refractivity contribution in [3.63, 3.8) is 0 Å². The molecule has 0 nitrogen and oxygen atoms in total. The monoisotopic (exact) mass is 2190 g/mol. The van der Waals surface area contributed by atoms with E-state index in [2.05, 4.69) is 335 Å². The highest BCUT2D eigenvalue weighted by Gasteiger charge is 2.23. The van der Waals surface area contributed by atoms with E-state index in [1.807, 2.05) is 133 Å². The maximum absolute atomic E-state index is 12.8. The first-order valence-corrected chi connectivity index (χ1v) is 49.8. The van der Waals surface area contributed by atoms with Crippen molar-refractivity contribution >= 4 is 149 Å². The van der Waals surface area contributed by atoms with Crippen molar-refractivity contribution in [2.24, 2.45) is 0 Å². The minimum atomic E-state index is -0.514. The molecule has 11 aromatic carbocycles. The fraction of sp³-hybridized carbons (Fsp3) is 0.391. The zero-order valence-electron chi connectivity index (χ0n) is 83.9. The van der Waals surface area contributed by atoms with E-state index in [1.54, 1.807) is 35.6 Å². The van der Waals surface area contributed by atoms with Gasteiger partial charge in [0.2, 0.25) is 0 Å². The summed E-state index contributed by atoms with van der Waals surface area (Å²) >= 11 is 53.0. The lowest BCUT2D eigenvalue weighted by atomic mass is 9.87. The van der Waals surface area contributed by atoms with E-state index >= 15 is 0 Å². The van der Waals surface area contributed by atoms with Crippen LogP contribution in [0.2, 0.25) is 39.5 Å². The molecular formula is C115H145Cl8F5I2S.